The largest absolute Gasteiger partial charge is 0.328 e. The summed E-state index contributed by atoms with van der Waals surface area (Å²) >= 11 is 0. The summed E-state index contributed by atoms with van der Waals surface area (Å²) in [6.07, 6.45) is 1.85. The molecule has 1 aromatic rings. The van der Waals surface area contributed by atoms with Crippen LogP contribution in [0.1, 0.15) is 12.8 Å². The average molecular weight is 254 g/mol. The molecule has 0 amide bonds. The van der Waals surface area contributed by atoms with Gasteiger partial charge in [0, 0.05) is 19.6 Å². The van der Waals surface area contributed by atoms with Crippen LogP contribution in [0.3, 0.4) is 0 Å². The normalized spacial score (nSPS) is 24.6. The van der Waals surface area contributed by atoms with Crippen molar-refractivity contribution in [3.8, 4) is 0 Å². The second-order valence-corrected chi connectivity index (χ2v) is 6.74. The fourth-order valence-corrected chi connectivity index (χ4v) is 3.44. The van der Waals surface area contributed by atoms with Gasteiger partial charge in [-0.3, -0.25) is 0 Å². The molecule has 0 saturated heterocycles. The van der Waals surface area contributed by atoms with Gasteiger partial charge in [-0.15, -0.1) is 0 Å². The van der Waals surface area contributed by atoms with E-state index in [2.05, 4.69) is 0 Å². The van der Waals surface area contributed by atoms with E-state index in [0.29, 0.717) is 17.4 Å². The van der Waals surface area contributed by atoms with Gasteiger partial charge in [0.2, 0.25) is 10.0 Å². The van der Waals surface area contributed by atoms with Crippen molar-refractivity contribution in [2.75, 3.05) is 13.6 Å². The SMILES string of the molecule is CN(CC1CC(N)C1)S(=O)(=O)c1ccccc1. The van der Waals surface area contributed by atoms with E-state index in [0.717, 1.165) is 12.8 Å². The molecule has 0 radical (unpaired) electrons. The van der Waals surface area contributed by atoms with Gasteiger partial charge >= 0.3 is 0 Å². The Balaban J connectivity index is 2.05. The van der Waals surface area contributed by atoms with Gasteiger partial charge in [0.05, 0.1) is 4.90 Å². The molecule has 4 nitrogen and oxygen atoms in total. The van der Waals surface area contributed by atoms with Gasteiger partial charge in [0.1, 0.15) is 0 Å². The Labute approximate surface area is 102 Å². The monoisotopic (exact) mass is 254 g/mol. The maximum absolute atomic E-state index is 12.2. The molecule has 0 aromatic heterocycles. The number of sulfonamides is 1. The second-order valence-electron chi connectivity index (χ2n) is 4.70. The van der Waals surface area contributed by atoms with Crippen LogP contribution >= 0.6 is 0 Å². The Kier molecular flexibility index (Phi) is 3.51. The van der Waals surface area contributed by atoms with Crippen LogP contribution in [0.5, 0.6) is 0 Å². The highest BCUT2D eigenvalue weighted by Gasteiger charge is 2.30. The lowest BCUT2D eigenvalue weighted by molar-refractivity contribution is 0.227. The smallest absolute Gasteiger partial charge is 0.242 e. The van der Waals surface area contributed by atoms with E-state index < -0.39 is 10.0 Å². The molecule has 0 aliphatic heterocycles. The van der Waals surface area contributed by atoms with Gasteiger partial charge < -0.3 is 5.73 Å². The highest BCUT2D eigenvalue weighted by molar-refractivity contribution is 7.89. The first-order valence-electron chi connectivity index (χ1n) is 5.77. The molecule has 0 spiro atoms. The van der Waals surface area contributed by atoms with Crippen molar-refractivity contribution in [3.63, 3.8) is 0 Å². The quantitative estimate of drug-likeness (QED) is 0.873. The van der Waals surface area contributed by atoms with Gasteiger partial charge in [-0.1, -0.05) is 18.2 Å². The maximum Gasteiger partial charge on any atom is 0.242 e. The molecule has 1 aliphatic rings. The van der Waals surface area contributed by atoms with Crippen molar-refractivity contribution in [2.24, 2.45) is 11.7 Å². The fraction of sp³-hybridized carbons (Fsp3) is 0.500. The van der Waals surface area contributed by atoms with Crippen LogP contribution in [0.15, 0.2) is 35.2 Å². The van der Waals surface area contributed by atoms with Gasteiger partial charge in [-0.2, -0.15) is 0 Å². The van der Waals surface area contributed by atoms with E-state index in [1.807, 2.05) is 6.07 Å². The highest BCUT2D eigenvalue weighted by atomic mass is 32.2. The minimum Gasteiger partial charge on any atom is -0.328 e. The standard InChI is InChI=1S/C12H18N2O2S/c1-14(9-10-7-11(13)8-10)17(15,16)12-5-3-2-4-6-12/h2-6,10-11H,7-9,13H2,1H3. The lowest BCUT2D eigenvalue weighted by atomic mass is 9.81. The average Bonchev–Trinajstić information content (AvgIpc) is 2.28. The van der Waals surface area contributed by atoms with Crippen molar-refractivity contribution in [1.82, 2.24) is 4.31 Å². The molecule has 17 heavy (non-hydrogen) atoms. The Morgan fingerprint density at radius 1 is 1.29 bits per heavy atom. The predicted octanol–water partition coefficient (Wildman–Crippen LogP) is 1.04. The molecule has 0 unspecified atom stereocenters. The predicted molar refractivity (Wildman–Crippen MR) is 67.0 cm³/mol. The summed E-state index contributed by atoms with van der Waals surface area (Å²) in [5, 5.41) is 0. The summed E-state index contributed by atoms with van der Waals surface area (Å²) in [6.45, 7) is 0.560. The summed E-state index contributed by atoms with van der Waals surface area (Å²) in [5.74, 6) is 0.411. The van der Waals surface area contributed by atoms with Crippen molar-refractivity contribution >= 4 is 10.0 Å². The summed E-state index contributed by atoms with van der Waals surface area (Å²) in [6, 6.07) is 8.79. The zero-order valence-corrected chi connectivity index (χ0v) is 10.7. The molecule has 2 N–H and O–H groups in total. The Morgan fingerprint density at radius 3 is 2.41 bits per heavy atom. The molecule has 0 bridgehead atoms. The van der Waals surface area contributed by atoms with Crippen LogP contribution in [-0.2, 0) is 10.0 Å². The molecule has 1 fully saturated rings. The van der Waals surface area contributed by atoms with E-state index in [-0.39, 0.29) is 6.04 Å². The summed E-state index contributed by atoms with van der Waals surface area (Å²) in [7, 11) is -1.70. The lowest BCUT2D eigenvalue weighted by Crippen LogP contribution is -2.43. The molecule has 0 atom stereocenters. The highest BCUT2D eigenvalue weighted by Crippen LogP contribution is 2.27. The van der Waals surface area contributed by atoms with Crippen LogP contribution in [0.25, 0.3) is 0 Å². The fourth-order valence-electron chi connectivity index (χ4n) is 2.17. The molecule has 5 heteroatoms. The third-order valence-electron chi connectivity index (χ3n) is 3.24. The molecule has 0 heterocycles. The van der Waals surface area contributed by atoms with Crippen molar-refractivity contribution in [2.45, 2.75) is 23.8 Å². The van der Waals surface area contributed by atoms with Gasteiger partial charge in [-0.05, 0) is 30.9 Å². The van der Waals surface area contributed by atoms with Crippen LogP contribution in [0, 0.1) is 5.92 Å². The minimum absolute atomic E-state index is 0.257. The molecule has 1 saturated carbocycles. The summed E-state index contributed by atoms with van der Waals surface area (Å²) in [5.41, 5.74) is 5.70. The van der Waals surface area contributed by atoms with Crippen molar-refractivity contribution in [3.05, 3.63) is 30.3 Å². The molecule has 1 aromatic carbocycles. The zero-order chi connectivity index (χ0) is 12.5. The third-order valence-corrected chi connectivity index (χ3v) is 5.08. The lowest BCUT2D eigenvalue weighted by Gasteiger charge is -2.34. The maximum atomic E-state index is 12.2. The summed E-state index contributed by atoms with van der Waals surface area (Å²) < 4.78 is 25.8. The first-order valence-corrected chi connectivity index (χ1v) is 7.21. The topological polar surface area (TPSA) is 63.4 Å². The van der Waals surface area contributed by atoms with E-state index >= 15 is 0 Å². The first kappa shape index (κ1) is 12.5. The molecule has 1 aliphatic carbocycles. The number of nitrogens with zero attached hydrogens (tertiary/aromatic N) is 1. The number of rotatable bonds is 4. The van der Waals surface area contributed by atoms with Gasteiger partial charge in [0.25, 0.3) is 0 Å². The number of hydrogen-bond donors (Lipinski definition) is 1. The number of benzene rings is 1. The second kappa shape index (κ2) is 4.76. The Morgan fingerprint density at radius 2 is 1.88 bits per heavy atom. The molecular weight excluding hydrogens is 236 g/mol. The van der Waals surface area contributed by atoms with Crippen LogP contribution in [0.4, 0.5) is 0 Å². The zero-order valence-electron chi connectivity index (χ0n) is 9.91. The van der Waals surface area contributed by atoms with Crippen LogP contribution in [0.2, 0.25) is 0 Å². The Bertz CT molecular complexity index is 467. The molecule has 94 valence electrons. The van der Waals surface area contributed by atoms with Gasteiger partial charge in [0.15, 0.2) is 0 Å². The molecule has 2 rings (SSSR count). The van der Waals surface area contributed by atoms with Crippen molar-refractivity contribution < 1.29 is 8.42 Å². The van der Waals surface area contributed by atoms with Crippen LogP contribution < -0.4 is 5.73 Å². The summed E-state index contributed by atoms with van der Waals surface area (Å²) in [4.78, 5) is 0.353. The molecular formula is C12H18N2O2S. The first-order chi connectivity index (χ1) is 8.00. The third kappa shape index (κ3) is 2.68. The van der Waals surface area contributed by atoms with E-state index in [1.165, 1.54) is 4.31 Å². The van der Waals surface area contributed by atoms with E-state index in [9.17, 15) is 8.42 Å². The van der Waals surface area contributed by atoms with Crippen molar-refractivity contribution in [1.29, 1.82) is 0 Å². The number of hydrogen-bond acceptors (Lipinski definition) is 3. The van der Waals surface area contributed by atoms with E-state index in [4.69, 9.17) is 5.73 Å². The van der Waals surface area contributed by atoms with Gasteiger partial charge in [-0.25, -0.2) is 12.7 Å². The Hall–Kier alpha value is -0.910. The van der Waals surface area contributed by atoms with E-state index in [1.54, 1.807) is 31.3 Å². The minimum atomic E-state index is -3.34. The number of nitrogens with two attached hydrogens (primary N) is 1. The van der Waals surface area contributed by atoms with Crippen LogP contribution in [-0.4, -0.2) is 32.4 Å².